The van der Waals surface area contributed by atoms with Gasteiger partial charge in [0.05, 0.1) is 6.04 Å². The summed E-state index contributed by atoms with van der Waals surface area (Å²) in [6.07, 6.45) is 2.97. The molecular weight excluding hydrogens is 346 g/mol. The van der Waals surface area contributed by atoms with Crippen LogP contribution in [0.3, 0.4) is 0 Å². The quantitative estimate of drug-likeness (QED) is 0.842. The van der Waals surface area contributed by atoms with E-state index in [9.17, 15) is 13.6 Å². The molecule has 140 valence electrons. The van der Waals surface area contributed by atoms with Crippen LogP contribution in [0.2, 0.25) is 0 Å². The molecule has 2 unspecified atom stereocenters. The maximum absolute atomic E-state index is 14.2. The molecule has 2 fully saturated rings. The Morgan fingerprint density at radius 1 is 1.28 bits per heavy atom. The third-order valence-electron chi connectivity index (χ3n) is 5.53. The average molecular weight is 373 g/mol. The highest BCUT2D eigenvalue weighted by Crippen LogP contribution is 2.58. The van der Waals surface area contributed by atoms with E-state index in [2.05, 4.69) is 10.6 Å². The average Bonchev–Trinajstić information content (AvgIpc) is 3.18. The highest BCUT2D eigenvalue weighted by molar-refractivity contribution is 5.85. The number of rotatable bonds is 3. The smallest absolute Gasteiger partial charge is 0.224 e. The van der Waals surface area contributed by atoms with Crippen LogP contribution < -0.4 is 10.6 Å². The molecule has 6 heteroatoms. The standard InChI is InChI=1S/C19H26F2N2O.ClH/c1-18(2,3)16(13-5-4-12(20)10-15(13)21)23-17(24)14-11-19(14)6-8-22-9-7-19;/h4-5,10,14,16,22H,6-9,11H2,1-3H3,(H,23,24);1H. The van der Waals surface area contributed by atoms with Crippen LogP contribution in [0.25, 0.3) is 0 Å². The van der Waals surface area contributed by atoms with Crippen LogP contribution >= 0.6 is 12.4 Å². The van der Waals surface area contributed by atoms with Crippen LogP contribution in [-0.4, -0.2) is 19.0 Å². The van der Waals surface area contributed by atoms with Gasteiger partial charge in [-0.2, -0.15) is 0 Å². The topological polar surface area (TPSA) is 41.1 Å². The molecular formula is C19H27ClF2N2O. The molecule has 1 heterocycles. The van der Waals surface area contributed by atoms with Crippen molar-refractivity contribution in [1.82, 2.24) is 10.6 Å². The molecule has 1 amide bonds. The first kappa shape index (κ1) is 20.1. The summed E-state index contributed by atoms with van der Waals surface area (Å²) in [6, 6.07) is 3.08. The van der Waals surface area contributed by atoms with Gasteiger partial charge >= 0.3 is 0 Å². The zero-order valence-corrected chi connectivity index (χ0v) is 15.8. The summed E-state index contributed by atoms with van der Waals surface area (Å²) in [6.45, 7) is 7.77. The minimum atomic E-state index is -0.609. The van der Waals surface area contributed by atoms with Crippen molar-refractivity contribution in [3.63, 3.8) is 0 Å². The summed E-state index contributed by atoms with van der Waals surface area (Å²) >= 11 is 0. The van der Waals surface area contributed by atoms with Crippen molar-refractivity contribution >= 4 is 18.3 Å². The Bertz CT molecular complexity index is 639. The maximum Gasteiger partial charge on any atom is 0.224 e. The fourth-order valence-corrected chi connectivity index (χ4v) is 3.93. The number of nitrogens with one attached hydrogen (secondary N) is 2. The molecule has 1 spiro atoms. The highest BCUT2D eigenvalue weighted by atomic mass is 35.5. The molecule has 3 rings (SSSR count). The number of hydrogen-bond donors (Lipinski definition) is 2. The van der Waals surface area contributed by atoms with Gasteiger partial charge in [-0.25, -0.2) is 8.78 Å². The van der Waals surface area contributed by atoms with Crippen molar-refractivity contribution in [2.24, 2.45) is 16.7 Å². The first-order valence-electron chi connectivity index (χ1n) is 8.69. The van der Waals surface area contributed by atoms with Gasteiger partial charge in [0.1, 0.15) is 11.6 Å². The molecule has 0 bridgehead atoms. The van der Waals surface area contributed by atoms with Gasteiger partial charge < -0.3 is 10.6 Å². The van der Waals surface area contributed by atoms with Crippen molar-refractivity contribution < 1.29 is 13.6 Å². The Morgan fingerprint density at radius 2 is 1.92 bits per heavy atom. The van der Waals surface area contributed by atoms with Gasteiger partial charge in [0.25, 0.3) is 0 Å². The summed E-state index contributed by atoms with van der Waals surface area (Å²) in [4.78, 5) is 12.8. The number of piperidine rings is 1. The molecule has 1 aromatic rings. The van der Waals surface area contributed by atoms with Crippen LogP contribution in [0, 0.1) is 28.4 Å². The first-order valence-corrected chi connectivity index (χ1v) is 8.69. The molecule has 1 saturated carbocycles. The molecule has 0 aromatic heterocycles. The molecule has 2 N–H and O–H groups in total. The molecule has 1 saturated heterocycles. The number of halogens is 3. The van der Waals surface area contributed by atoms with E-state index in [1.165, 1.54) is 12.1 Å². The molecule has 2 aliphatic rings. The summed E-state index contributed by atoms with van der Waals surface area (Å²) in [5.41, 5.74) is 0.112. The van der Waals surface area contributed by atoms with E-state index in [4.69, 9.17) is 0 Å². The predicted molar refractivity (Wildman–Crippen MR) is 96.6 cm³/mol. The van der Waals surface area contributed by atoms with Gasteiger partial charge in [-0.1, -0.05) is 26.8 Å². The normalized spacial score (nSPS) is 22.8. The monoisotopic (exact) mass is 372 g/mol. The summed E-state index contributed by atoms with van der Waals surface area (Å²) in [5, 5.41) is 6.37. The number of benzene rings is 1. The largest absolute Gasteiger partial charge is 0.348 e. The first-order chi connectivity index (χ1) is 11.2. The molecule has 25 heavy (non-hydrogen) atoms. The predicted octanol–water partition coefficient (Wildman–Crippen LogP) is 3.98. The van der Waals surface area contributed by atoms with Crippen molar-refractivity contribution in [3.05, 3.63) is 35.4 Å². The Balaban J connectivity index is 0.00000225. The third kappa shape index (κ3) is 4.14. The van der Waals surface area contributed by atoms with E-state index < -0.39 is 17.7 Å². The Kier molecular flexibility index (Phi) is 5.79. The van der Waals surface area contributed by atoms with E-state index in [1.54, 1.807) is 0 Å². The second kappa shape index (κ2) is 7.20. The van der Waals surface area contributed by atoms with Gasteiger partial charge in [0, 0.05) is 17.5 Å². The highest BCUT2D eigenvalue weighted by Gasteiger charge is 2.58. The molecule has 1 aliphatic carbocycles. The zero-order chi connectivity index (χ0) is 17.5. The van der Waals surface area contributed by atoms with Gasteiger partial charge in [0.2, 0.25) is 5.91 Å². The Hall–Kier alpha value is -1.20. The lowest BCUT2D eigenvalue weighted by molar-refractivity contribution is -0.124. The van der Waals surface area contributed by atoms with E-state index in [0.29, 0.717) is 5.56 Å². The summed E-state index contributed by atoms with van der Waals surface area (Å²) < 4.78 is 27.5. The molecule has 0 radical (unpaired) electrons. The minimum absolute atomic E-state index is 0. The van der Waals surface area contributed by atoms with E-state index in [0.717, 1.165) is 38.4 Å². The van der Waals surface area contributed by atoms with Crippen molar-refractivity contribution in [1.29, 1.82) is 0 Å². The van der Waals surface area contributed by atoms with Gasteiger partial charge in [-0.3, -0.25) is 4.79 Å². The third-order valence-corrected chi connectivity index (χ3v) is 5.53. The van der Waals surface area contributed by atoms with Crippen LogP contribution in [0.1, 0.15) is 51.6 Å². The number of carbonyl (C=O) groups is 1. The summed E-state index contributed by atoms with van der Waals surface area (Å²) in [7, 11) is 0. The van der Waals surface area contributed by atoms with Crippen LogP contribution in [0.4, 0.5) is 8.78 Å². The number of hydrogen-bond acceptors (Lipinski definition) is 2. The Morgan fingerprint density at radius 3 is 2.48 bits per heavy atom. The van der Waals surface area contributed by atoms with Crippen molar-refractivity contribution in [3.8, 4) is 0 Å². The number of carbonyl (C=O) groups excluding carboxylic acids is 1. The maximum atomic E-state index is 14.2. The van der Waals surface area contributed by atoms with E-state index in [1.807, 2.05) is 20.8 Å². The van der Waals surface area contributed by atoms with Crippen LogP contribution in [0.5, 0.6) is 0 Å². The molecule has 1 aromatic carbocycles. The van der Waals surface area contributed by atoms with Gasteiger partial charge in [-0.15, -0.1) is 12.4 Å². The number of amides is 1. The SMILES string of the molecule is CC(C)(C)C(NC(=O)C1CC12CCNCC2)c1ccc(F)cc1F.Cl. The fraction of sp³-hybridized carbons (Fsp3) is 0.632. The molecule has 3 nitrogen and oxygen atoms in total. The van der Waals surface area contributed by atoms with E-state index in [-0.39, 0.29) is 35.1 Å². The lowest BCUT2D eigenvalue weighted by Crippen LogP contribution is -2.40. The van der Waals surface area contributed by atoms with Gasteiger partial charge in [-0.05, 0) is 49.2 Å². The fourth-order valence-electron chi connectivity index (χ4n) is 3.93. The van der Waals surface area contributed by atoms with Crippen molar-refractivity contribution in [2.45, 2.75) is 46.1 Å². The van der Waals surface area contributed by atoms with Crippen molar-refractivity contribution in [2.75, 3.05) is 13.1 Å². The second-order valence-corrected chi connectivity index (χ2v) is 8.34. The molecule has 1 aliphatic heterocycles. The minimum Gasteiger partial charge on any atom is -0.348 e. The lowest BCUT2D eigenvalue weighted by atomic mass is 9.81. The molecule has 2 atom stereocenters. The van der Waals surface area contributed by atoms with Crippen LogP contribution in [-0.2, 0) is 4.79 Å². The van der Waals surface area contributed by atoms with Crippen LogP contribution in [0.15, 0.2) is 18.2 Å². The van der Waals surface area contributed by atoms with E-state index >= 15 is 0 Å². The summed E-state index contributed by atoms with van der Waals surface area (Å²) in [5.74, 6) is -1.19. The second-order valence-electron chi connectivity index (χ2n) is 8.34. The van der Waals surface area contributed by atoms with Gasteiger partial charge in [0.15, 0.2) is 0 Å². The zero-order valence-electron chi connectivity index (χ0n) is 15.0. The lowest BCUT2D eigenvalue weighted by Gasteiger charge is -2.33. The Labute approximate surface area is 154 Å².